The molecule has 130 valence electrons. The van der Waals surface area contributed by atoms with Crippen molar-refractivity contribution >= 4 is 0 Å². The number of hydrogen-bond donors (Lipinski definition) is 0. The lowest BCUT2D eigenvalue weighted by atomic mass is 10.1. The molecule has 1 aliphatic heterocycles. The molecule has 3 aromatic heterocycles. The van der Waals surface area contributed by atoms with Crippen molar-refractivity contribution in [2.24, 2.45) is 0 Å². The van der Waals surface area contributed by atoms with E-state index in [9.17, 15) is 0 Å². The van der Waals surface area contributed by atoms with Crippen LogP contribution < -0.4 is 0 Å². The van der Waals surface area contributed by atoms with Crippen molar-refractivity contribution in [1.29, 1.82) is 0 Å². The lowest BCUT2D eigenvalue weighted by molar-refractivity contribution is 0.638. The van der Waals surface area contributed by atoms with Gasteiger partial charge < -0.3 is 9.13 Å². The van der Waals surface area contributed by atoms with Crippen LogP contribution in [0.4, 0.5) is 0 Å². The van der Waals surface area contributed by atoms with Crippen molar-refractivity contribution in [2.75, 3.05) is 0 Å². The number of rotatable bonds is 3. The Kier molecular flexibility index (Phi) is 3.28. The predicted molar refractivity (Wildman–Crippen MR) is 97.1 cm³/mol. The van der Waals surface area contributed by atoms with E-state index in [1.54, 1.807) is 0 Å². The smallest absolute Gasteiger partial charge is 0.171 e. The summed E-state index contributed by atoms with van der Waals surface area (Å²) in [6.07, 6.45) is 6.59. The molecule has 1 aliphatic rings. The van der Waals surface area contributed by atoms with E-state index in [2.05, 4.69) is 38.2 Å². The number of benzene rings is 1. The van der Waals surface area contributed by atoms with Crippen molar-refractivity contribution in [3.05, 3.63) is 66.0 Å². The summed E-state index contributed by atoms with van der Waals surface area (Å²) in [7, 11) is 0. The van der Waals surface area contributed by atoms with Gasteiger partial charge >= 0.3 is 0 Å². The van der Waals surface area contributed by atoms with Crippen molar-refractivity contribution in [2.45, 2.75) is 33.4 Å². The third-order valence-corrected chi connectivity index (χ3v) is 4.92. The molecule has 0 fully saturated rings. The molecule has 0 unspecified atom stereocenters. The van der Waals surface area contributed by atoms with Gasteiger partial charge in [-0.2, -0.15) is 5.10 Å². The average molecular weight is 345 g/mol. The van der Waals surface area contributed by atoms with Gasteiger partial charge in [0.2, 0.25) is 0 Å². The topological polar surface area (TPSA) is 66.3 Å². The van der Waals surface area contributed by atoms with Gasteiger partial charge in [0.15, 0.2) is 11.6 Å². The quantitative estimate of drug-likeness (QED) is 0.504. The van der Waals surface area contributed by atoms with Crippen LogP contribution in [0.1, 0.15) is 30.0 Å². The molecule has 0 amide bonds. The molecular weight excluding hydrogens is 326 g/mol. The van der Waals surface area contributed by atoms with Crippen molar-refractivity contribution in [3.8, 4) is 17.1 Å². The predicted octanol–water partition coefficient (Wildman–Crippen LogP) is 2.61. The van der Waals surface area contributed by atoms with E-state index in [1.165, 1.54) is 0 Å². The van der Waals surface area contributed by atoms with Crippen molar-refractivity contribution in [3.63, 3.8) is 0 Å². The number of hydrogen-bond acceptors (Lipinski definition) is 4. The average Bonchev–Trinajstić information content (AvgIpc) is 3.34. The SMILES string of the molecule is CCc1nccn1Cc1nc2n(n1)Cc1c(C)ncn1-c1ccccc1-2. The van der Waals surface area contributed by atoms with Crippen LogP contribution in [0.15, 0.2) is 43.0 Å². The Morgan fingerprint density at radius 2 is 2.04 bits per heavy atom. The van der Waals surface area contributed by atoms with Gasteiger partial charge in [-0.15, -0.1) is 0 Å². The summed E-state index contributed by atoms with van der Waals surface area (Å²) in [5.74, 6) is 2.74. The van der Waals surface area contributed by atoms with Crippen LogP contribution in [-0.2, 0) is 19.5 Å². The highest BCUT2D eigenvalue weighted by atomic mass is 15.4. The molecule has 5 rings (SSSR count). The Hall–Kier alpha value is -3.22. The van der Waals surface area contributed by atoms with E-state index in [-0.39, 0.29) is 0 Å². The summed E-state index contributed by atoms with van der Waals surface area (Å²) in [5, 5.41) is 4.80. The molecule has 0 spiro atoms. The number of aromatic nitrogens is 7. The first-order chi connectivity index (χ1) is 12.7. The number of nitrogens with zero attached hydrogens (tertiary/aromatic N) is 7. The molecule has 0 radical (unpaired) electrons. The first kappa shape index (κ1) is 15.1. The molecule has 4 aromatic rings. The fourth-order valence-electron chi connectivity index (χ4n) is 3.59. The van der Waals surface area contributed by atoms with E-state index in [1.807, 2.05) is 42.5 Å². The lowest BCUT2D eigenvalue weighted by Gasteiger charge is -2.08. The minimum absolute atomic E-state index is 0.629. The van der Waals surface area contributed by atoms with Gasteiger partial charge in [-0.05, 0) is 19.1 Å². The Morgan fingerprint density at radius 1 is 1.15 bits per heavy atom. The second-order valence-electron chi connectivity index (χ2n) is 6.50. The zero-order valence-electron chi connectivity index (χ0n) is 14.8. The summed E-state index contributed by atoms with van der Waals surface area (Å²) < 4.78 is 6.24. The molecule has 0 saturated heterocycles. The zero-order valence-corrected chi connectivity index (χ0v) is 14.8. The van der Waals surface area contributed by atoms with Crippen LogP contribution in [-0.4, -0.2) is 33.9 Å². The van der Waals surface area contributed by atoms with Gasteiger partial charge in [-0.3, -0.25) is 0 Å². The lowest BCUT2D eigenvalue weighted by Crippen LogP contribution is -2.08. The third-order valence-electron chi connectivity index (χ3n) is 4.92. The fourth-order valence-corrected chi connectivity index (χ4v) is 3.59. The van der Waals surface area contributed by atoms with Crippen molar-refractivity contribution < 1.29 is 0 Å². The first-order valence-electron chi connectivity index (χ1n) is 8.81. The molecule has 4 heterocycles. The molecule has 0 aliphatic carbocycles. The van der Waals surface area contributed by atoms with Gasteiger partial charge in [0.05, 0.1) is 36.5 Å². The second kappa shape index (κ2) is 5.66. The maximum absolute atomic E-state index is 4.86. The minimum atomic E-state index is 0.629. The standard InChI is InChI=1S/C19H19N7/c1-3-18-20-8-9-24(18)11-17-22-19-14-6-4-5-7-15(14)25-12-21-13(2)16(25)10-26(19)23-17/h4-9,12H,3,10-11H2,1-2H3. The van der Waals surface area contributed by atoms with Crippen LogP contribution >= 0.6 is 0 Å². The molecule has 0 bridgehead atoms. The molecule has 0 atom stereocenters. The molecule has 7 heteroatoms. The Bertz CT molecular complexity index is 1100. The number of aryl methyl sites for hydroxylation is 2. The summed E-state index contributed by atoms with van der Waals surface area (Å²) in [6, 6.07) is 8.29. The summed E-state index contributed by atoms with van der Waals surface area (Å²) in [6.45, 7) is 5.43. The molecule has 7 nitrogen and oxygen atoms in total. The Labute approximate surface area is 151 Å². The van der Waals surface area contributed by atoms with Gasteiger partial charge in [-0.1, -0.05) is 19.1 Å². The van der Waals surface area contributed by atoms with Crippen LogP contribution in [0.5, 0.6) is 0 Å². The van der Waals surface area contributed by atoms with Crippen LogP contribution in [0.3, 0.4) is 0 Å². The maximum atomic E-state index is 4.86. The monoisotopic (exact) mass is 345 g/mol. The normalized spacial score (nSPS) is 12.4. The second-order valence-corrected chi connectivity index (χ2v) is 6.50. The van der Waals surface area contributed by atoms with Gasteiger partial charge in [0.1, 0.15) is 5.82 Å². The maximum Gasteiger partial charge on any atom is 0.171 e. The Balaban J connectivity index is 1.64. The number of fused-ring (bicyclic) bond motifs is 5. The Morgan fingerprint density at radius 3 is 2.92 bits per heavy atom. The van der Waals surface area contributed by atoms with E-state index in [0.29, 0.717) is 13.1 Å². The van der Waals surface area contributed by atoms with E-state index < -0.39 is 0 Å². The molecule has 0 saturated carbocycles. The van der Waals surface area contributed by atoms with Gasteiger partial charge in [0.25, 0.3) is 0 Å². The van der Waals surface area contributed by atoms with Gasteiger partial charge in [-0.25, -0.2) is 19.6 Å². The number of imidazole rings is 2. The van der Waals surface area contributed by atoms with Crippen LogP contribution in [0.25, 0.3) is 17.1 Å². The molecular formula is C19H19N7. The van der Waals surface area contributed by atoms with Crippen LogP contribution in [0.2, 0.25) is 0 Å². The van der Waals surface area contributed by atoms with Gasteiger partial charge in [0, 0.05) is 24.4 Å². The van der Waals surface area contributed by atoms with E-state index in [4.69, 9.17) is 10.1 Å². The van der Waals surface area contributed by atoms with E-state index >= 15 is 0 Å². The molecule has 26 heavy (non-hydrogen) atoms. The van der Waals surface area contributed by atoms with Crippen molar-refractivity contribution in [1.82, 2.24) is 33.9 Å². The highest BCUT2D eigenvalue weighted by Crippen LogP contribution is 2.31. The summed E-state index contributed by atoms with van der Waals surface area (Å²) in [5.41, 5.74) is 4.33. The zero-order chi connectivity index (χ0) is 17.7. The minimum Gasteiger partial charge on any atom is -0.327 e. The third kappa shape index (κ3) is 2.20. The van der Waals surface area contributed by atoms with Crippen LogP contribution in [0, 0.1) is 6.92 Å². The summed E-state index contributed by atoms with van der Waals surface area (Å²) in [4.78, 5) is 13.7. The highest BCUT2D eigenvalue weighted by molar-refractivity contribution is 5.69. The number of para-hydroxylation sites is 1. The van der Waals surface area contributed by atoms with E-state index in [0.717, 1.165) is 46.5 Å². The molecule has 0 N–H and O–H groups in total. The first-order valence-corrected chi connectivity index (χ1v) is 8.81. The largest absolute Gasteiger partial charge is 0.327 e. The fraction of sp³-hybridized carbons (Fsp3) is 0.263. The highest BCUT2D eigenvalue weighted by Gasteiger charge is 2.23. The molecule has 1 aromatic carbocycles. The summed E-state index contributed by atoms with van der Waals surface area (Å²) >= 11 is 0.